The molecule has 0 bridgehead atoms. The maximum atomic E-state index is 6.02. The Bertz CT molecular complexity index is 397. The molecule has 4 nitrogen and oxygen atoms in total. The van der Waals surface area contributed by atoms with E-state index in [1.165, 1.54) is 6.33 Å². The molecule has 1 unspecified atom stereocenters. The molecule has 0 saturated carbocycles. The third-order valence-electron chi connectivity index (χ3n) is 1.89. The van der Waals surface area contributed by atoms with Gasteiger partial charge >= 0.3 is 0 Å². The zero-order valence-corrected chi connectivity index (χ0v) is 9.70. The predicted octanol–water partition coefficient (Wildman–Crippen LogP) is 1.80. The Morgan fingerprint density at radius 1 is 1.57 bits per heavy atom. The zero-order chi connectivity index (χ0) is 9.97. The minimum absolute atomic E-state index is 0.0441. The summed E-state index contributed by atoms with van der Waals surface area (Å²) in [6, 6.07) is -0.0441. The van der Waals surface area contributed by atoms with Crippen molar-refractivity contribution in [3.8, 4) is 0 Å². The van der Waals surface area contributed by atoms with Crippen molar-refractivity contribution in [1.29, 1.82) is 0 Å². The molecule has 6 heteroatoms. The first-order valence-corrected chi connectivity index (χ1v) is 5.80. The molecule has 2 heterocycles. The minimum atomic E-state index is -0.0441. The van der Waals surface area contributed by atoms with Crippen molar-refractivity contribution < 1.29 is 0 Å². The number of aromatic nitrogens is 3. The van der Waals surface area contributed by atoms with Crippen LogP contribution < -0.4 is 5.73 Å². The number of nitrogens with zero attached hydrogens (tertiary/aromatic N) is 3. The summed E-state index contributed by atoms with van der Waals surface area (Å²) in [5.41, 5.74) is 7.14. The molecule has 0 aromatic carbocycles. The molecule has 2 rings (SSSR count). The van der Waals surface area contributed by atoms with Crippen molar-refractivity contribution in [1.82, 2.24) is 14.8 Å². The van der Waals surface area contributed by atoms with E-state index in [-0.39, 0.29) is 6.04 Å². The Balaban J connectivity index is 2.10. The molecule has 2 N–H and O–H groups in total. The van der Waals surface area contributed by atoms with Gasteiger partial charge in [-0.3, -0.25) is 4.68 Å². The van der Waals surface area contributed by atoms with Crippen molar-refractivity contribution in [2.24, 2.45) is 5.73 Å². The Labute approximate surface area is 93.9 Å². The van der Waals surface area contributed by atoms with Crippen LogP contribution in [0.4, 0.5) is 0 Å². The molecule has 0 amide bonds. The first-order valence-electron chi connectivity index (χ1n) is 4.07. The van der Waals surface area contributed by atoms with Crippen LogP contribution in [0.25, 0.3) is 0 Å². The fraction of sp³-hybridized carbons (Fsp3) is 0.250. The minimum Gasteiger partial charge on any atom is -0.322 e. The fourth-order valence-electron chi connectivity index (χ4n) is 1.18. The lowest BCUT2D eigenvalue weighted by molar-refractivity contribution is 0.526. The fourth-order valence-corrected chi connectivity index (χ4v) is 2.84. The van der Waals surface area contributed by atoms with Crippen LogP contribution >= 0.6 is 27.3 Å². The molecule has 74 valence electrons. The van der Waals surface area contributed by atoms with Gasteiger partial charge in [-0.1, -0.05) is 0 Å². The highest BCUT2D eigenvalue weighted by molar-refractivity contribution is 9.10. The second kappa shape index (κ2) is 4.20. The highest BCUT2D eigenvalue weighted by Crippen LogP contribution is 2.26. The quantitative estimate of drug-likeness (QED) is 0.927. The highest BCUT2D eigenvalue weighted by Gasteiger charge is 2.11. The van der Waals surface area contributed by atoms with Crippen LogP contribution in [0, 0.1) is 0 Å². The molecule has 0 aliphatic rings. The Kier molecular flexibility index (Phi) is 2.95. The van der Waals surface area contributed by atoms with Crippen LogP contribution in [0.5, 0.6) is 0 Å². The molecular formula is C8H9BrN4S. The maximum Gasteiger partial charge on any atom is 0.137 e. The summed E-state index contributed by atoms with van der Waals surface area (Å²) in [6.07, 6.45) is 3.18. The molecule has 0 saturated heterocycles. The van der Waals surface area contributed by atoms with Gasteiger partial charge in [-0.2, -0.15) is 16.4 Å². The average molecular weight is 273 g/mol. The monoisotopic (exact) mass is 272 g/mol. The summed E-state index contributed by atoms with van der Waals surface area (Å²) in [7, 11) is 0. The SMILES string of the molecule is NC(Cn1cncn1)c1cscc1Br. The van der Waals surface area contributed by atoms with Gasteiger partial charge in [0.2, 0.25) is 0 Å². The normalized spacial score (nSPS) is 13.0. The Morgan fingerprint density at radius 3 is 3.00 bits per heavy atom. The van der Waals surface area contributed by atoms with Gasteiger partial charge in [-0.05, 0) is 26.9 Å². The number of nitrogens with two attached hydrogens (primary N) is 1. The number of hydrogen-bond acceptors (Lipinski definition) is 4. The molecule has 0 aliphatic heterocycles. The first-order chi connectivity index (χ1) is 6.77. The van der Waals surface area contributed by atoms with Gasteiger partial charge in [0.25, 0.3) is 0 Å². The van der Waals surface area contributed by atoms with E-state index in [0.717, 1.165) is 10.0 Å². The molecule has 0 aliphatic carbocycles. The molecule has 14 heavy (non-hydrogen) atoms. The van der Waals surface area contributed by atoms with E-state index in [9.17, 15) is 0 Å². The van der Waals surface area contributed by atoms with Crippen LogP contribution in [0.1, 0.15) is 11.6 Å². The molecule has 0 radical (unpaired) electrons. The lowest BCUT2D eigenvalue weighted by atomic mass is 10.2. The third-order valence-corrected chi connectivity index (χ3v) is 3.64. The second-order valence-corrected chi connectivity index (χ2v) is 4.50. The highest BCUT2D eigenvalue weighted by atomic mass is 79.9. The maximum absolute atomic E-state index is 6.02. The summed E-state index contributed by atoms with van der Waals surface area (Å²) in [6.45, 7) is 0.648. The molecular weight excluding hydrogens is 264 g/mol. The molecule has 2 aromatic heterocycles. The van der Waals surface area contributed by atoms with E-state index in [1.807, 2.05) is 10.8 Å². The number of hydrogen-bond donors (Lipinski definition) is 1. The van der Waals surface area contributed by atoms with Gasteiger partial charge in [-0.25, -0.2) is 4.98 Å². The smallest absolute Gasteiger partial charge is 0.137 e. The Hall–Kier alpha value is -0.720. The lowest BCUT2D eigenvalue weighted by Crippen LogP contribution is -2.17. The third kappa shape index (κ3) is 2.02. The van der Waals surface area contributed by atoms with Crippen molar-refractivity contribution in [3.63, 3.8) is 0 Å². The number of rotatable bonds is 3. The van der Waals surface area contributed by atoms with Gasteiger partial charge in [0.1, 0.15) is 12.7 Å². The zero-order valence-electron chi connectivity index (χ0n) is 7.30. The van der Waals surface area contributed by atoms with Gasteiger partial charge in [0, 0.05) is 9.85 Å². The number of halogens is 1. The van der Waals surface area contributed by atoms with E-state index >= 15 is 0 Å². The largest absolute Gasteiger partial charge is 0.322 e. The van der Waals surface area contributed by atoms with Gasteiger partial charge in [0.15, 0.2) is 0 Å². The van der Waals surface area contributed by atoms with E-state index in [2.05, 4.69) is 26.0 Å². The summed E-state index contributed by atoms with van der Waals surface area (Å²) >= 11 is 5.09. The number of thiophene rings is 1. The summed E-state index contributed by atoms with van der Waals surface area (Å²) < 4.78 is 2.80. The molecule has 0 fully saturated rings. The van der Waals surface area contributed by atoms with Crippen LogP contribution in [-0.4, -0.2) is 14.8 Å². The van der Waals surface area contributed by atoms with Crippen LogP contribution in [-0.2, 0) is 6.54 Å². The van der Waals surface area contributed by atoms with Crippen molar-refractivity contribution in [2.45, 2.75) is 12.6 Å². The lowest BCUT2D eigenvalue weighted by Gasteiger charge is -2.10. The van der Waals surface area contributed by atoms with Crippen LogP contribution in [0.2, 0.25) is 0 Å². The van der Waals surface area contributed by atoms with E-state index in [4.69, 9.17) is 5.73 Å². The van der Waals surface area contributed by atoms with Gasteiger partial charge < -0.3 is 5.73 Å². The molecule has 1 atom stereocenters. The van der Waals surface area contributed by atoms with Crippen molar-refractivity contribution >= 4 is 27.3 Å². The predicted molar refractivity (Wildman–Crippen MR) is 59.0 cm³/mol. The van der Waals surface area contributed by atoms with Gasteiger partial charge in [-0.15, -0.1) is 0 Å². The van der Waals surface area contributed by atoms with E-state index in [1.54, 1.807) is 22.3 Å². The second-order valence-electron chi connectivity index (χ2n) is 2.90. The first kappa shape index (κ1) is 9.82. The van der Waals surface area contributed by atoms with Crippen LogP contribution in [0.3, 0.4) is 0 Å². The van der Waals surface area contributed by atoms with Crippen molar-refractivity contribution in [2.75, 3.05) is 0 Å². The van der Waals surface area contributed by atoms with E-state index < -0.39 is 0 Å². The summed E-state index contributed by atoms with van der Waals surface area (Å²) in [5, 5.41) is 8.08. The standard InChI is InChI=1S/C8H9BrN4S/c9-7-3-14-2-6(7)8(10)1-13-5-11-4-12-13/h2-5,8H,1,10H2. The van der Waals surface area contributed by atoms with Crippen LogP contribution in [0.15, 0.2) is 27.9 Å². The van der Waals surface area contributed by atoms with Crippen molar-refractivity contribution in [3.05, 3.63) is 33.5 Å². The average Bonchev–Trinajstić information content (AvgIpc) is 2.75. The Morgan fingerprint density at radius 2 is 2.43 bits per heavy atom. The molecule has 0 spiro atoms. The summed E-state index contributed by atoms with van der Waals surface area (Å²) in [5.74, 6) is 0. The molecule has 2 aromatic rings. The topological polar surface area (TPSA) is 56.7 Å². The van der Waals surface area contributed by atoms with E-state index in [0.29, 0.717) is 6.54 Å². The van der Waals surface area contributed by atoms with Gasteiger partial charge in [0.05, 0.1) is 12.6 Å². The summed E-state index contributed by atoms with van der Waals surface area (Å²) in [4.78, 5) is 3.87.